The maximum Gasteiger partial charge on any atom is 0.124 e. The number of para-hydroxylation sites is 1. The van der Waals surface area contributed by atoms with Gasteiger partial charge in [-0.1, -0.05) is 18.2 Å². The number of benzene rings is 1. The summed E-state index contributed by atoms with van der Waals surface area (Å²) in [7, 11) is 0. The topological polar surface area (TPSA) is 38.2 Å². The van der Waals surface area contributed by atoms with Crippen molar-refractivity contribution in [1.82, 2.24) is 14.9 Å². The van der Waals surface area contributed by atoms with Gasteiger partial charge in [-0.2, -0.15) is 0 Å². The molecule has 0 radical (unpaired) electrons. The summed E-state index contributed by atoms with van der Waals surface area (Å²) in [5.74, 6) is 1.65. The zero-order valence-electron chi connectivity index (χ0n) is 13.4. The number of rotatable bonds is 5. The van der Waals surface area contributed by atoms with Crippen molar-refractivity contribution in [1.29, 1.82) is 0 Å². The molecule has 0 unspecified atom stereocenters. The lowest BCUT2D eigenvalue weighted by molar-refractivity contribution is 0.199. The second-order valence-corrected chi connectivity index (χ2v) is 6.61. The summed E-state index contributed by atoms with van der Waals surface area (Å²) in [6, 6.07) is 10.6. The minimum atomic E-state index is 0.458. The maximum atomic E-state index is 6.04. The number of hydrogen-bond acceptors (Lipinski definition) is 4. The molecule has 0 spiro atoms. The highest BCUT2D eigenvalue weighted by molar-refractivity contribution is 5.33. The Morgan fingerprint density at radius 1 is 1.04 bits per heavy atom. The first kappa shape index (κ1) is 14.6. The van der Waals surface area contributed by atoms with E-state index in [2.05, 4.69) is 45.2 Å². The molecule has 1 aromatic carbocycles. The third-order valence-electron chi connectivity index (χ3n) is 4.80. The van der Waals surface area contributed by atoms with Gasteiger partial charge in [0.15, 0.2) is 0 Å². The number of likely N-dealkylation sites (tertiary alicyclic amines) is 1. The highest BCUT2D eigenvalue weighted by Gasteiger charge is 2.25. The molecule has 4 rings (SSSR count). The molecule has 2 aliphatic rings. The predicted molar refractivity (Wildman–Crippen MR) is 89.4 cm³/mol. The van der Waals surface area contributed by atoms with Crippen molar-refractivity contribution < 1.29 is 4.74 Å². The second kappa shape index (κ2) is 6.67. The zero-order valence-corrected chi connectivity index (χ0v) is 13.4. The Kier molecular flexibility index (Phi) is 4.24. The molecule has 2 heterocycles. The first-order valence-corrected chi connectivity index (χ1v) is 8.61. The Balaban J connectivity index is 1.36. The van der Waals surface area contributed by atoms with E-state index in [4.69, 9.17) is 4.74 Å². The molecule has 0 atom stereocenters. The van der Waals surface area contributed by atoms with Gasteiger partial charge in [0.1, 0.15) is 12.1 Å². The first-order chi connectivity index (χ1) is 11.4. The highest BCUT2D eigenvalue weighted by atomic mass is 16.5. The average Bonchev–Trinajstić information content (AvgIpc) is 3.42. The Bertz CT molecular complexity index is 634. The molecule has 1 aromatic heterocycles. The summed E-state index contributed by atoms with van der Waals surface area (Å²) >= 11 is 0. The summed E-state index contributed by atoms with van der Waals surface area (Å²) < 4.78 is 6.04. The van der Waals surface area contributed by atoms with Gasteiger partial charge in [0.2, 0.25) is 0 Å². The van der Waals surface area contributed by atoms with Crippen LogP contribution in [0.4, 0.5) is 0 Å². The van der Waals surface area contributed by atoms with E-state index in [1.807, 2.05) is 6.20 Å². The van der Waals surface area contributed by atoms with Crippen molar-refractivity contribution in [3.05, 3.63) is 54.1 Å². The van der Waals surface area contributed by atoms with E-state index in [9.17, 15) is 0 Å². The molecule has 23 heavy (non-hydrogen) atoms. The monoisotopic (exact) mass is 309 g/mol. The lowest BCUT2D eigenvalue weighted by atomic mass is 9.93. The van der Waals surface area contributed by atoms with Crippen molar-refractivity contribution in [3.63, 3.8) is 0 Å². The molecule has 2 aromatic rings. The molecule has 0 bridgehead atoms. The predicted octanol–water partition coefficient (Wildman–Crippen LogP) is 3.40. The van der Waals surface area contributed by atoms with Gasteiger partial charge in [-0.3, -0.25) is 4.90 Å². The van der Waals surface area contributed by atoms with Gasteiger partial charge in [-0.05, 0) is 50.9 Å². The summed E-state index contributed by atoms with van der Waals surface area (Å²) in [6.45, 7) is 3.22. The normalized spacial score (nSPS) is 19.7. The van der Waals surface area contributed by atoms with Crippen LogP contribution in [0.2, 0.25) is 0 Å². The van der Waals surface area contributed by atoms with Crippen molar-refractivity contribution in [2.75, 3.05) is 13.1 Å². The van der Waals surface area contributed by atoms with Crippen LogP contribution in [-0.2, 0) is 6.54 Å². The highest BCUT2D eigenvalue weighted by Crippen LogP contribution is 2.31. The number of ether oxygens (including phenoxy) is 1. The smallest absolute Gasteiger partial charge is 0.124 e. The maximum absolute atomic E-state index is 6.04. The molecule has 1 saturated carbocycles. The third kappa shape index (κ3) is 3.70. The standard InChI is InChI=1S/C19H23N3O/c1-2-4-19(23-17-5-6-17)16(3-1)13-22-11-8-15(9-12-22)18-7-10-20-14-21-18/h1-4,7,10,14-15,17H,5-6,8-9,11-13H2. The second-order valence-electron chi connectivity index (χ2n) is 6.61. The Labute approximate surface area is 137 Å². The first-order valence-electron chi connectivity index (χ1n) is 8.61. The van der Waals surface area contributed by atoms with E-state index in [-0.39, 0.29) is 0 Å². The molecule has 4 heteroatoms. The molecule has 0 amide bonds. The molecule has 1 aliphatic carbocycles. The summed E-state index contributed by atoms with van der Waals surface area (Å²) in [5, 5.41) is 0. The molecule has 1 aliphatic heterocycles. The summed E-state index contributed by atoms with van der Waals surface area (Å²) in [4.78, 5) is 11.0. The van der Waals surface area contributed by atoms with Gasteiger partial charge in [-0.15, -0.1) is 0 Å². The van der Waals surface area contributed by atoms with Crippen molar-refractivity contribution >= 4 is 0 Å². The lowest BCUT2D eigenvalue weighted by Gasteiger charge is -2.32. The number of piperidine rings is 1. The van der Waals surface area contributed by atoms with Gasteiger partial charge in [0, 0.05) is 29.9 Å². The number of aromatic nitrogens is 2. The van der Waals surface area contributed by atoms with Gasteiger partial charge < -0.3 is 4.74 Å². The average molecular weight is 309 g/mol. The van der Waals surface area contributed by atoms with E-state index >= 15 is 0 Å². The van der Waals surface area contributed by atoms with Crippen LogP contribution in [0.5, 0.6) is 5.75 Å². The molecule has 4 nitrogen and oxygen atoms in total. The molecule has 2 fully saturated rings. The molecule has 1 saturated heterocycles. The summed E-state index contributed by atoms with van der Waals surface area (Å²) in [6.07, 6.45) is 8.72. The molecule has 0 N–H and O–H groups in total. The fraction of sp³-hybridized carbons (Fsp3) is 0.474. The number of nitrogens with zero attached hydrogens (tertiary/aromatic N) is 3. The van der Waals surface area contributed by atoms with Crippen molar-refractivity contribution in [2.45, 2.75) is 44.2 Å². The fourth-order valence-electron chi connectivity index (χ4n) is 3.29. The molecular formula is C19H23N3O. The van der Waals surface area contributed by atoms with Crippen molar-refractivity contribution in [2.24, 2.45) is 0 Å². The fourth-order valence-corrected chi connectivity index (χ4v) is 3.29. The number of hydrogen-bond donors (Lipinski definition) is 0. The SMILES string of the molecule is c1ccc(OC2CC2)c(CN2CCC(c3ccncn3)CC2)c1. The minimum absolute atomic E-state index is 0.458. The van der Waals surface area contributed by atoms with Crippen LogP contribution in [0.1, 0.15) is 42.9 Å². The van der Waals surface area contributed by atoms with E-state index < -0.39 is 0 Å². The van der Waals surface area contributed by atoms with Gasteiger partial charge in [0.05, 0.1) is 6.10 Å². The van der Waals surface area contributed by atoms with Crippen LogP contribution in [-0.4, -0.2) is 34.1 Å². The Hall–Kier alpha value is -1.94. The van der Waals surface area contributed by atoms with E-state index in [1.54, 1.807) is 6.33 Å². The van der Waals surface area contributed by atoms with Crippen LogP contribution in [0.3, 0.4) is 0 Å². The van der Waals surface area contributed by atoms with Crippen LogP contribution >= 0.6 is 0 Å². The lowest BCUT2D eigenvalue weighted by Crippen LogP contribution is -2.32. The third-order valence-corrected chi connectivity index (χ3v) is 4.80. The summed E-state index contributed by atoms with van der Waals surface area (Å²) in [5.41, 5.74) is 2.51. The quantitative estimate of drug-likeness (QED) is 0.848. The van der Waals surface area contributed by atoms with E-state index in [0.29, 0.717) is 12.0 Å². The molecular weight excluding hydrogens is 286 g/mol. The van der Waals surface area contributed by atoms with Gasteiger partial charge in [0.25, 0.3) is 0 Å². The minimum Gasteiger partial charge on any atom is -0.490 e. The van der Waals surface area contributed by atoms with Crippen molar-refractivity contribution in [3.8, 4) is 5.75 Å². The van der Waals surface area contributed by atoms with Crippen LogP contribution in [0, 0.1) is 0 Å². The van der Waals surface area contributed by atoms with Gasteiger partial charge in [-0.25, -0.2) is 9.97 Å². The molecule has 120 valence electrons. The van der Waals surface area contributed by atoms with E-state index in [0.717, 1.165) is 25.4 Å². The Morgan fingerprint density at radius 3 is 2.61 bits per heavy atom. The van der Waals surface area contributed by atoms with Crippen LogP contribution in [0.15, 0.2) is 42.9 Å². The zero-order chi connectivity index (χ0) is 15.5. The van der Waals surface area contributed by atoms with Crippen LogP contribution in [0.25, 0.3) is 0 Å². The van der Waals surface area contributed by atoms with E-state index in [1.165, 1.54) is 36.9 Å². The van der Waals surface area contributed by atoms with Gasteiger partial charge >= 0.3 is 0 Å². The largest absolute Gasteiger partial charge is 0.490 e. The Morgan fingerprint density at radius 2 is 1.87 bits per heavy atom. The van der Waals surface area contributed by atoms with Crippen LogP contribution < -0.4 is 4.74 Å².